The van der Waals surface area contributed by atoms with Crippen LogP contribution in [0.4, 0.5) is 4.79 Å². The summed E-state index contributed by atoms with van der Waals surface area (Å²) in [6, 6.07) is 18.3. The van der Waals surface area contributed by atoms with Crippen molar-refractivity contribution < 1.29 is 19.1 Å². The van der Waals surface area contributed by atoms with Crippen molar-refractivity contribution in [2.24, 2.45) is 0 Å². The smallest absolute Gasteiger partial charge is 0.408 e. The average Bonchev–Trinajstić information content (AvgIpc) is 2.89. The molecule has 0 saturated heterocycles. The van der Waals surface area contributed by atoms with Crippen molar-refractivity contribution in [2.75, 3.05) is 13.1 Å². The predicted molar refractivity (Wildman–Crippen MR) is 138 cm³/mol. The highest BCUT2D eigenvalue weighted by atomic mass is 16.5. The molecule has 3 N–H and O–H groups in total. The Balaban J connectivity index is 1.69. The molecule has 0 aromatic heterocycles. The molecule has 3 amide bonds. The van der Waals surface area contributed by atoms with Gasteiger partial charge in [0.15, 0.2) is 0 Å². The number of hydrogen-bond donors (Lipinski definition) is 3. The molecule has 0 aliphatic heterocycles. The number of ether oxygens (including phenoxy) is 1. The lowest BCUT2D eigenvalue weighted by molar-refractivity contribution is -0.123. The third-order valence-electron chi connectivity index (χ3n) is 5.49. The summed E-state index contributed by atoms with van der Waals surface area (Å²) in [6.45, 7) is 4.80. The van der Waals surface area contributed by atoms with E-state index >= 15 is 0 Å². The van der Waals surface area contributed by atoms with Crippen LogP contribution in [0.1, 0.15) is 49.7 Å². The second-order valence-electron chi connectivity index (χ2n) is 8.36. The maximum absolute atomic E-state index is 12.8. The number of nitrogens with one attached hydrogen (secondary N) is 3. The van der Waals surface area contributed by atoms with Gasteiger partial charge < -0.3 is 20.7 Å². The monoisotopic (exact) mass is 479 g/mol. The van der Waals surface area contributed by atoms with E-state index in [-0.39, 0.29) is 18.4 Å². The molecule has 35 heavy (non-hydrogen) atoms. The fraction of sp³-hybridized carbons (Fsp3) is 0.393. The standard InChI is InChI=1S/C28H37N3O4/c1-2-26(32)29-19-13-5-3-4-6-14-20-30-27(33)25(21-23-15-9-7-10-16-23)31-28(34)35-22-24-17-11-8-12-18-24/h2,7-12,15-18,25H,1,3-6,13-14,19-22H2,(H,29,32)(H,30,33)(H,31,34)/t25-/m0/s1. The van der Waals surface area contributed by atoms with E-state index in [1.807, 2.05) is 60.7 Å². The van der Waals surface area contributed by atoms with Crippen LogP contribution in [0.3, 0.4) is 0 Å². The minimum atomic E-state index is -0.716. The minimum absolute atomic E-state index is 0.134. The maximum atomic E-state index is 12.8. The number of alkyl carbamates (subject to hydrolysis) is 1. The van der Waals surface area contributed by atoms with Gasteiger partial charge in [-0.25, -0.2) is 4.79 Å². The molecule has 0 unspecified atom stereocenters. The number of benzene rings is 2. The van der Waals surface area contributed by atoms with Gasteiger partial charge in [-0.1, -0.05) is 92.9 Å². The topological polar surface area (TPSA) is 96.5 Å². The third kappa shape index (κ3) is 12.4. The van der Waals surface area contributed by atoms with Crippen molar-refractivity contribution >= 4 is 17.9 Å². The van der Waals surface area contributed by atoms with Crippen LogP contribution < -0.4 is 16.0 Å². The molecular weight excluding hydrogens is 442 g/mol. The summed E-state index contributed by atoms with van der Waals surface area (Å²) in [6.07, 6.45) is 7.09. The van der Waals surface area contributed by atoms with Crippen LogP contribution in [-0.4, -0.2) is 37.0 Å². The molecule has 0 fully saturated rings. The van der Waals surface area contributed by atoms with Gasteiger partial charge in [0.05, 0.1) is 0 Å². The first-order valence-corrected chi connectivity index (χ1v) is 12.3. The Morgan fingerprint density at radius 1 is 0.771 bits per heavy atom. The fourth-order valence-electron chi connectivity index (χ4n) is 3.54. The van der Waals surface area contributed by atoms with Gasteiger partial charge in [0.1, 0.15) is 12.6 Å². The van der Waals surface area contributed by atoms with E-state index in [2.05, 4.69) is 22.5 Å². The van der Waals surface area contributed by atoms with Crippen LogP contribution in [0.15, 0.2) is 73.3 Å². The largest absolute Gasteiger partial charge is 0.445 e. The summed E-state index contributed by atoms with van der Waals surface area (Å²) in [5.41, 5.74) is 1.84. The average molecular weight is 480 g/mol. The lowest BCUT2D eigenvalue weighted by Gasteiger charge is -2.18. The molecule has 0 aliphatic rings. The van der Waals surface area contributed by atoms with Crippen LogP contribution in [-0.2, 0) is 27.4 Å². The second-order valence-corrected chi connectivity index (χ2v) is 8.36. The number of unbranched alkanes of at least 4 members (excludes halogenated alkanes) is 5. The molecule has 0 saturated carbocycles. The van der Waals surface area contributed by atoms with Crippen molar-refractivity contribution in [1.29, 1.82) is 0 Å². The molecule has 0 heterocycles. The lowest BCUT2D eigenvalue weighted by Crippen LogP contribution is -2.48. The minimum Gasteiger partial charge on any atom is -0.445 e. The molecular formula is C28H37N3O4. The van der Waals surface area contributed by atoms with Crippen molar-refractivity contribution in [1.82, 2.24) is 16.0 Å². The summed E-state index contributed by atoms with van der Waals surface area (Å²) in [4.78, 5) is 36.3. The fourth-order valence-corrected chi connectivity index (χ4v) is 3.54. The Labute approximate surface area is 208 Å². The number of rotatable bonds is 16. The molecule has 7 nitrogen and oxygen atoms in total. The molecule has 1 atom stereocenters. The van der Waals surface area contributed by atoms with Crippen molar-refractivity contribution in [3.63, 3.8) is 0 Å². The van der Waals surface area contributed by atoms with Crippen molar-refractivity contribution in [3.8, 4) is 0 Å². The van der Waals surface area contributed by atoms with Gasteiger partial charge in [-0.05, 0) is 30.0 Å². The molecule has 2 rings (SSSR count). The molecule has 0 spiro atoms. The van der Waals surface area contributed by atoms with Crippen molar-refractivity contribution in [3.05, 3.63) is 84.4 Å². The zero-order valence-corrected chi connectivity index (χ0v) is 20.3. The highest BCUT2D eigenvalue weighted by molar-refractivity contribution is 5.86. The van der Waals surface area contributed by atoms with Gasteiger partial charge >= 0.3 is 6.09 Å². The van der Waals surface area contributed by atoms with E-state index in [9.17, 15) is 14.4 Å². The summed E-state index contributed by atoms with van der Waals surface area (Å²) in [7, 11) is 0. The summed E-state index contributed by atoms with van der Waals surface area (Å²) < 4.78 is 5.31. The van der Waals surface area contributed by atoms with E-state index in [0.29, 0.717) is 19.5 Å². The predicted octanol–water partition coefficient (Wildman–Crippen LogP) is 4.28. The summed E-state index contributed by atoms with van der Waals surface area (Å²) >= 11 is 0. The van der Waals surface area contributed by atoms with Gasteiger partial charge in [0, 0.05) is 19.5 Å². The second kappa shape index (κ2) is 16.9. The molecule has 2 aromatic rings. The first-order valence-electron chi connectivity index (χ1n) is 12.3. The zero-order chi connectivity index (χ0) is 25.1. The number of amides is 3. The molecule has 0 aliphatic carbocycles. The number of carbonyl (C=O) groups is 3. The Morgan fingerprint density at radius 3 is 1.91 bits per heavy atom. The SMILES string of the molecule is C=CC(=O)NCCCCCCCCNC(=O)[C@H](Cc1ccccc1)NC(=O)OCc1ccccc1. The van der Waals surface area contributed by atoms with Crippen molar-refractivity contribution in [2.45, 2.75) is 57.6 Å². The summed E-state index contributed by atoms with van der Waals surface area (Å²) in [5.74, 6) is -0.353. The van der Waals surface area contributed by atoms with Gasteiger partial charge in [0.2, 0.25) is 11.8 Å². The van der Waals surface area contributed by atoms with Gasteiger partial charge in [-0.2, -0.15) is 0 Å². The molecule has 7 heteroatoms. The molecule has 0 bridgehead atoms. The lowest BCUT2D eigenvalue weighted by atomic mass is 10.1. The Morgan fingerprint density at radius 2 is 1.31 bits per heavy atom. The first-order chi connectivity index (χ1) is 17.1. The van der Waals surface area contributed by atoms with Gasteiger partial charge in [-0.15, -0.1) is 0 Å². The van der Waals surface area contributed by atoms with Crippen LogP contribution in [0, 0.1) is 0 Å². The number of carbonyl (C=O) groups excluding carboxylic acids is 3. The Hall–Kier alpha value is -3.61. The molecule has 2 aromatic carbocycles. The van der Waals surface area contributed by atoms with E-state index in [4.69, 9.17) is 4.74 Å². The quantitative estimate of drug-likeness (QED) is 0.247. The van der Waals surface area contributed by atoms with Gasteiger partial charge in [0.25, 0.3) is 0 Å². The van der Waals surface area contributed by atoms with Crippen LogP contribution in [0.5, 0.6) is 0 Å². The summed E-state index contributed by atoms with van der Waals surface area (Å²) in [5, 5.41) is 8.44. The zero-order valence-electron chi connectivity index (χ0n) is 20.3. The first kappa shape index (κ1) is 27.6. The highest BCUT2D eigenvalue weighted by Crippen LogP contribution is 2.07. The Kier molecular flexibility index (Phi) is 13.4. The molecule has 188 valence electrons. The normalized spacial score (nSPS) is 11.2. The van der Waals surface area contributed by atoms with E-state index < -0.39 is 12.1 Å². The van der Waals surface area contributed by atoms with Gasteiger partial charge in [-0.3, -0.25) is 9.59 Å². The van der Waals surface area contributed by atoms with Crippen LogP contribution in [0.25, 0.3) is 0 Å². The van der Waals surface area contributed by atoms with E-state index in [0.717, 1.165) is 49.7 Å². The number of hydrogen-bond acceptors (Lipinski definition) is 4. The van der Waals surface area contributed by atoms with Crippen LogP contribution in [0.2, 0.25) is 0 Å². The third-order valence-corrected chi connectivity index (χ3v) is 5.49. The molecule has 0 radical (unpaired) electrons. The van der Waals surface area contributed by atoms with E-state index in [1.165, 1.54) is 6.08 Å². The van der Waals surface area contributed by atoms with Crippen LogP contribution >= 0.6 is 0 Å². The highest BCUT2D eigenvalue weighted by Gasteiger charge is 2.21. The maximum Gasteiger partial charge on any atom is 0.408 e. The Bertz CT molecular complexity index is 903. The van der Waals surface area contributed by atoms with E-state index in [1.54, 1.807) is 0 Å².